The smallest absolute Gasteiger partial charge is 0.141 e. The average molecular weight is 258 g/mol. The first-order valence-electron chi connectivity index (χ1n) is 4.59. The van der Waals surface area contributed by atoms with E-state index in [1.165, 1.54) is 5.56 Å². The lowest BCUT2D eigenvalue weighted by molar-refractivity contribution is 0.0674. The standard InChI is InChI=1S/C10H12BrNO2/c1-13-6-8-3-2-7-4-10(11)12-5-9(7)14-8/h4-5,8H,2-3,6H2,1H3. The Bertz CT molecular complexity index is 330. The van der Waals surface area contributed by atoms with Crippen LogP contribution >= 0.6 is 15.9 Å². The summed E-state index contributed by atoms with van der Waals surface area (Å²) in [5.41, 5.74) is 1.22. The monoisotopic (exact) mass is 257 g/mol. The highest BCUT2D eigenvalue weighted by Crippen LogP contribution is 2.28. The van der Waals surface area contributed by atoms with Crippen molar-refractivity contribution in [2.24, 2.45) is 0 Å². The van der Waals surface area contributed by atoms with Gasteiger partial charge in [-0.2, -0.15) is 0 Å². The molecular formula is C10H12BrNO2. The van der Waals surface area contributed by atoms with Crippen LogP contribution in [0.25, 0.3) is 0 Å². The molecule has 0 N–H and O–H groups in total. The van der Waals surface area contributed by atoms with Crippen molar-refractivity contribution in [2.75, 3.05) is 13.7 Å². The second-order valence-electron chi connectivity index (χ2n) is 3.35. The van der Waals surface area contributed by atoms with E-state index in [1.807, 2.05) is 6.07 Å². The van der Waals surface area contributed by atoms with Crippen LogP contribution in [0.3, 0.4) is 0 Å². The quantitative estimate of drug-likeness (QED) is 0.762. The highest BCUT2D eigenvalue weighted by Gasteiger charge is 2.19. The van der Waals surface area contributed by atoms with Gasteiger partial charge in [-0.05, 0) is 40.4 Å². The number of pyridine rings is 1. The predicted molar refractivity (Wildman–Crippen MR) is 56.6 cm³/mol. The number of hydrogen-bond donors (Lipinski definition) is 0. The molecule has 3 nitrogen and oxygen atoms in total. The minimum absolute atomic E-state index is 0.176. The van der Waals surface area contributed by atoms with Crippen molar-refractivity contribution >= 4 is 15.9 Å². The number of hydrogen-bond acceptors (Lipinski definition) is 3. The van der Waals surface area contributed by atoms with Gasteiger partial charge in [0.1, 0.15) is 16.5 Å². The largest absolute Gasteiger partial charge is 0.486 e. The lowest BCUT2D eigenvalue weighted by atomic mass is 10.0. The molecule has 1 aliphatic rings. The fourth-order valence-electron chi connectivity index (χ4n) is 1.62. The number of aryl methyl sites for hydroxylation is 1. The maximum absolute atomic E-state index is 5.72. The Kier molecular flexibility index (Phi) is 3.03. The Morgan fingerprint density at radius 1 is 1.71 bits per heavy atom. The van der Waals surface area contributed by atoms with Crippen LogP contribution in [-0.4, -0.2) is 24.8 Å². The van der Waals surface area contributed by atoms with Gasteiger partial charge in [-0.1, -0.05) is 0 Å². The van der Waals surface area contributed by atoms with Gasteiger partial charge >= 0.3 is 0 Å². The Balaban J connectivity index is 2.15. The van der Waals surface area contributed by atoms with Crippen molar-refractivity contribution in [3.05, 3.63) is 22.4 Å². The molecule has 1 aromatic rings. The molecule has 1 aromatic heterocycles. The van der Waals surface area contributed by atoms with E-state index in [2.05, 4.69) is 20.9 Å². The van der Waals surface area contributed by atoms with Gasteiger partial charge in [0.05, 0.1) is 12.8 Å². The molecule has 0 saturated heterocycles. The maximum atomic E-state index is 5.72. The number of fused-ring (bicyclic) bond motifs is 1. The number of aromatic nitrogens is 1. The van der Waals surface area contributed by atoms with Crippen molar-refractivity contribution in [3.63, 3.8) is 0 Å². The third-order valence-electron chi connectivity index (χ3n) is 2.30. The lowest BCUT2D eigenvalue weighted by Crippen LogP contribution is -2.27. The number of nitrogens with zero attached hydrogens (tertiary/aromatic N) is 1. The summed E-state index contributed by atoms with van der Waals surface area (Å²) in [4.78, 5) is 4.14. The summed E-state index contributed by atoms with van der Waals surface area (Å²) in [5.74, 6) is 0.890. The van der Waals surface area contributed by atoms with Gasteiger partial charge in [0.2, 0.25) is 0 Å². The second-order valence-corrected chi connectivity index (χ2v) is 4.16. The van der Waals surface area contributed by atoms with Crippen LogP contribution in [0.1, 0.15) is 12.0 Å². The molecule has 1 unspecified atom stereocenters. The summed E-state index contributed by atoms with van der Waals surface area (Å²) in [7, 11) is 1.69. The zero-order valence-electron chi connectivity index (χ0n) is 8.00. The van der Waals surface area contributed by atoms with Crippen molar-refractivity contribution < 1.29 is 9.47 Å². The topological polar surface area (TPSA) is 31.4 Å². The molecule has 0 bridgehead atoms. The number of halogens is 1. The summed E-state index contributed by atoms with van der Waals surface area (Å²) in [5, 5.41) is 0. The van der Waals surface area contributed by atoms with Gasteiger partial charge in [0, 0.05) is 7.11 Å². The molecule has 0 aromatic carbocycles. The number of rotatable bonds is 2. The van der Waals surface area contributed by atoms with Crippen LogP contribution < -0.4 is 4.74 Å². The van der Waals surface area contributed by atoms with Crippen LogP contribution in [0.5, 0.6) is 5.75 Å². The van der Waals surface area contributed by atoms with Gasteiger partial charge < -0.3 is 9.47 Å². The van der Waals surface area contributed by atoms with E-state index in [-0.39, 0.29) is 6.10 Å². The van der Waals surface area contributed by atoms with E-state index in [1.54, 1.807) is 13.3 Å². The molecule has 0 amide bonds. The Labute approximate surface area is 91.6 Å². The van der Waals surface area contributed by atoms with E-state index in [4.69, 9.17) is 9.47 Å². The van der Waals surface area contributed by atoms with E-state index in [0.717, 1.165) is 23.2 Å². The summed E-state index contributed by atoms with van der Waals surface area (Å²) >= 11 is 3.34. The molecule has 0 saturated carbocycles. The number of ether oxygens (including phenoxy) is 2. The van der Waals surface area contributed by atoms with E-state index < -0.39 is 0 Å². The second kappa shape index (κ2) is 4.28. The summed E-state index contributed by atoms with van der Waals surface area (Å²) in [6.45, 7) is 0.648. The molecular weight excluding hydrogens is 246 g/mol. The third kappa shape index (κ3) is 2.07. The molecule has 0 spiro atoms. The summed E-state index contributed by atoms with van der Waals surface area (Å²) in [6, 6.07) is 2.01. The highest BCUT2D eigenvalue weighted by atomic mass is 79.9. The normalized spacial score (nSPS) is 20.0. The fourth-order valence-corrected chi connectivity index (χ4v) is 1.99. The fraction of sp³-hybridized carbons (Fsp3) is 0.500. The molecule has 14 heavy (non-hydrogen) atoms. The average Bonchev–Trinajstić information content (AvgIpc) is 2.19. The zero-order valence-corrected chi connectivity index (χ0v) is 9.58. The molecule has 1 atom stereocenters. The van der Waals surface area contributed by atoms with Crippen molar-refractivity contribution in [1.82, 2.24) is 4.98 Å². The summed E-state index contributed by atoms with van der Waals surface area (Å²) in [6.07, 6.45) is 3.98. The zero-order chi connectivity index (χ0) is 9.97. The Hall–Kier alpha value is -0.610. The van der Waals surface area contributed by atoms with E-state index in [9.17, 15) is 0 Å². The SMILES string of the molecule is COCC1CCc2cc(Br)ncc2O1. The Morgan fingerprint density at radius 3 is 3.36 bits per heavy atom. The van der Waals surface area contributed by atoms with Crippen LogP contribution in [0.4, 0.5) is 0 Å². The van der Waals surface area contributed by atoms with Crippen molar-refractivity contribution in [1.29, 1.82) is 0 Å². The molecule has 4 heteroatoms. The maximum Gasteiger partial charge on any atom is 0.141 e. The lowest BCUT2D eigenvalue weighted by Gasteiger charge is -2.25. The van der Waals surface area contributed by atoms with Gasteiger partial charge in [0.25, 0.3) is 0 Å². The molecule has 1 aliphatic heterocycles. The van der Waals surface area contributed by atoms with Crippen LogP contribution in [0.15, 0.2) is 16.9 Å². The third-order valence-corrected chi connectivity index (χ3v) is 2.73. The minimum Gasteiger partial charge on any atom is -0.486 e. The molecule has 2 rings (SSSR count). The minimum atomic E-state index is 0.176. The van der Waals surface area contributed by atoms with Crippen molar-refractivity contribution in [2.45, 2.75) is 18.9 Å². The highest BCUT2D eigenvalue weighted by molar-refractivity contribution is 9.10. The molecule has 76 valence electrons. The molecule has 0 radical (unpaired) electrons. The predicted octanol–water partition coefficient (Wildman–Crippen LogP) is 2.18. The molecule has 2 heterocycles. The van der Waals surface area contributed by atoms with Gasteiger partial charge in [-0.3, -0.25) is 0 Å². The van der Waals surface area contributed by atoms with Gasteiger partial charge in [0.15, 0.2) is 0 Å². The van der Waals surface area contributed by atoms with Gasteiger partial charge in [-0.25, -0.2) is 4.98 Å². The van der Waals surface area contributed by atoms with Crippen LogP contribution in [0.2, 0.25) is 0 Å². The molecule has 0 aliphatic carbocycles. The van der Waals surface area contributed by atoms with E-state index in [0.29, 0.717) is 6.61 Å². The summed E-state index contributed by atoms with van der Waals surface area (Å²) < 4.78 is 11.7. The van der Waals surface area contributed by atoms with Crippen LogP contribution in [-0.2, 0) is 11.2 Å². The van der Waals surface area contributed by atoms with Crippen LogP contribution in [0, 0.1) is 0 Å². The van der Waals surface area contributed by atoms with E-state index >= 15 is 0 Å². The number of methoxy groups -OCH3 is 1. The van der Waals surface area contributed by atoms with Crippen molar-refractivity contribution in [3.8, 4) is 5.75 Å². The molecule has 0 fully saturated rings. The van der Waals surface area contributed by atoms with Gasteiger partial charge in [-0.15, -0.1) is 0 Å². The first-order valence-corrected chi connectivity index (χ1v) is 5.39. The first kappa shape index (κ1) is 9.93. The first-order chi connectivity index (χ1) is 6.79. The Morgan fingerprint density at radius 2 is 2.57 bits per heavy atom.